The molecule has 0 aliphatic heterocycles. The van der Waals surface area contributed by atoms with Crippen LogP contribution in [0.15, 0.2) is 38.3 Å². The van der Waals surface area contributed by atoms with Gasteiger partial charge in [-0.1, -0.05) is 16.8 Å². The highest BCUT2D eigenvalue weighted by atomic mass is 79.9. The Morgan fingerprint density at radius 2 is 2.12 bits per heavy atom. The van der Waals surface area contributed by atoms with Crippen LogP contribution in [0.5, 0.6) is 0 Å². The van der Waals surface area contributed by atoms with E-state index < -0.39 is 10.8 Å². The summed E-state index contributed by atoms with van der Waals surface area (Å²) in [6.07, 6.45) is 0. The molecule has 0 aliphatic rings. The third-order valence-electron chi connectivity index (χ3n) is 3.40. The second-order valence-corrected chi connectivity index (χ2v) is 7.87. The molecule has 0 radical (unpaired) electrons. The van der Waals surface area contributed by atoms with E-state index in [9.17, 15) is 9.00 Å². The maximum atomic E-state index is 12.8. The molecular weight excluding hydrogens is 416 g/mol. The van der Waals surface area contributed by atoms with Gasteiger partial charge in [-0.15, -0.1) is 0 Å². The van der Waals surface area contributed by atoms with E-state index in [0.29, 0.717) is 37.4 Å². The summed E-state index contributed by atoms with van der Waals surface area (Å²) < 4.78 is 18.5. The number of benzene rings is 1. The Balaban J connectivity index is 2.14. The smallest absolute Gasteiger partial charge is 0.162 e. The maximum Gasteiger partial charge on any atom is 0.162 e. The van der Waals surface area contributed by atoms with Gasteiger partial charge in [-0.25, -0.2) is 4.98 Å². The summed E-state index contributed by atoms with van der Waals surface area (Å²) in [4.78, 5) is 16.5. The summed E-state index contributed by atoms with van der Waals surface area (Å²) in [6, 6.07) is 6.82. The van der Waals surface area contributed by atoms with Crippen LogP contribution in [0.3, 0.4) is 0 Å². The molecule has 1 atom stereocenters. The number of carbonyl (C=O) groups excluding carboxylic acids is 1. The first-order valence-electron chi connectivity index (χ1n) is 6.97. The zero-order chi connectivity index (χ0) is 17.4. The highest BCUT2D eigenvalue weighted by Crippen LogP contribution is 2.31. The molecule has 0 aliphatic carbocycles. The molecule has 0 bridgehead atoms. The van der Waals surface area contributed by atoms with Gasteiger partial charge in [0.25, 0.3) is 0 Å². The van der Waals surface area contributed by atoms with Crippen molar-refractivity contribution < 1.29 is 13.5 Å². The molecule has 0 amide bonds. The van der Waals surface area contributed by atoms with Crippen LogP contribution in [-0.4, -0.2) is 20.1 Å². The van der Waals surface area contributed by atoms with Gasteiger partial charge in [-0.3, -0.25) is 9.00 Å². The number of pyridine rings is 1. The molecule has 1 aromatic carbocycles. The molecule has 0 spiro atoms. The minimum atomic E-state index is -1.54. The van der Waals surface area contributed by atoms with Crippen LogP contribution in [0.25, 0.3) is 10.9 Å². The fraction of sp³-hybridized carbons (Fsp3) is 0.188. The fourth-order valence-electron chi connectivity index (χ4n) is 2.29. The number of aryl methyl sites for hydroxylation is 1. The van der Waals surface area contributed by atoms with Gasteiger partial charge in [0.05, 0.1) is 38.3 Å². The summed E-state index contributed by atoms with van der Waals surface area (Å²) in [7, 11) is -1.54. The second-order valence-electron chi connectivity index (χ2n) is 5.24. The first-order chi connectivity index (χ1) is 11.4. The summed E-state index contributed by atoms with van der Waals surface area (Å²) in [5.41, 5.74) is 1.40. The number of fused-ring (bicyclic) bond motifs is 1. The Bertz CT molecular complexity index is 987. The lowest BCUT2D eigenvalue weighted by molar-refractivity contribution is 0.101. The Hall–Kier alpha value is -1.57. The van der Waals surface area contributed by atoms with Gasteiger partial charge in [0.2, 0.25) is 0 Å². The maximum absolute atomic E-state index is 12.8. The van der Waals surface area contributed by atoms with Crippen molar-refractivity contribution in [3.05, 3.63) is 50.8 Å². The number of ketones is 1. The Labute approximate surface area is 154 Å². The summed E-state index contributed by atoms with van der Waals surface area (Å²) >= 11 is 9.61. The van der Waals surface area contributed by atoms with E-state index in [0.717, 1.165) is 0 Å². The number of carbonyl (C=O) groups is 1. The van der Waals surface area contributed by atoms with E-state index in [4.69, 9.17) is 16.1 Å². The minimum Gasteiger partial charge on any atom is -0.361 e. The SMILES string of the molecule is CC(=O)c1cc2c(Cl)ccc(Br)c2nc1S(=O)Cc1cc(C)on1. The summed E-state index contributed by atoms with van der Waals surface area (Å²) in [5.74, 6) is 0.531. The molecule has 24 heavy (non-hydrogen) atoms. The molecule has 2 heterocycles. The van der Waals surface area contributed by atoms with Gasteiger partial charge in [-0.2, -0.15) is 0 Å². The number of halogens is 2. The molecule has 0 saturated heterocycles. The number of rotatable bonds is 4. The van der Waals surface area contributed by atoms with E-state index in [1.165, 1.54) is 6.92 Å². The van der Waals surface area contributed by atoms with Crippen molar-refractivity contribution in [2.75, 3.05) is 0 Å². The summed E-state index contributed by atoms with van der Waals surface area (Å²) in [6.45, 7) is 3.17. The van der Waals surface area contributed by atoms with Crippen LogP contribution in [-0.2, 0) is 16.6 Å². The van der Waals surface area contributed by atoms with Crippen molar-refractivity contribution in [1.29, 1.82) is 0 Å². The lowest BCUT2D eigenvalue weighted by atomic mass is 10.1. The van der Waals surface area contributed by atoms with Crippen LogP contribution >= 0.6 is 27.5 Å². The molecule has 5 nitrogen and oxygen atoms in total. The number of hydrogen-bond donors (Lipinski definition) is 0. The largest absolute Gasteiger partial charge is 0.361 e. The van der Waals surface area contributed by atoms with E-state index in [-0.39, 0.29) is 16.6 Å². The van der Waals surface area contributed by atoms with Gasteiger partial charge in [0.15, 0.2) is 5.78 Å². The highest BCUT2D eigenvalue weighted by Gasteiger charge is 2.20. The zero-order valence-electron chi connectivity index (χ0n) is 12.8. The average molecular weight is 428 g/mol. The van der Waals surface area contributed by atoms with Crippen LogP contribution in [0.4, 0.5) is 0 Å². The molecular formula is C16H12BrClN2O3S. The van der Waals surface area contributed by atoms with Crippen LogP contribution in [0.1, 0.15) is 28.7 Å². The normalized spacial score (nSPS) is 12.5. The van der Waals surface area contributed by atoms with Crippen molar-refractivity contribution in [1.82, 2.24) is 10.1 Å². The van der Waals surface area contributed by atoms with Crippen LogP contribution in [0.2, 0.25) is 5.02 Å². The monoisotopic (exact) mass is 426 g/mol. The van der Waals surface area contributed by atoms with E-state index in [2.05, 4.69) is 26.1 Å². The van der Waals surface area contributed by atoms with Gasteiger partial charge >= 0.3 is 0 Å². The highest BCUT2D eigenvalue weighted by molar-refractivity contribution is 9.10. The molecule has 1 unspecified atom stereocenters. The van der Waals surface area contributed by atoms with Gasteiger partial charge in [0.1, 0.15) is 10.8 Å². The van der Waals surface area contributed by atoms with E-state index >= 15 is 0 Å². The number of Topliss-reactive ketones (excluding diaryl/α,β-unsaturated/α-hetero) is 1. The fourth-order valence-corrected chi connectivity index (χ4v) is 4.11. The van der Waals surface area contributed by atoms with Gasteiger partial charge < -0.3 is 4.52 Å². The molecule has 0 saturated carbocycles. The van der Waals surface area contributed by atoms with Crippen molar-refractivity contribution >= 4 is 55.0 Å². The average Bonchev–Trinajstić information content (AvgIpc) is 2.94. The number of nitrogens with zero attached hydrogens (tertiary/aromatic N) is 2. The molecule has 0 N–H and O–H groups in total. The third-order valence-corrected chi connectivity index (χ3v) is 5.67. The van der Waals surface area contributed by atoms with Crippen molar-refractivity contribution in [2.24, 2.45) is 0 Å². The van der Waals surface area contributed by atoms with Gasteiger partial charge in [0, 0.05) is 15.9 Å². The Morgan fingerprint density at radius 3 is 2.75 bits per heavy atom. The van der Waals surface area contributed by atoms with Crippen molar-refractivity contribution in [3.63, 3.8) is 0 Å². The molecule has 2 aromatic heterocycles. The summed E-state index contributed by atoms with van der Waals surface area (Å²) in [5, 5.41) is 5.17. The lowest BCUT2D eigenvalue weighted by Gasteiger charge is -2.10. The molecule has 8 heteroatoms. The predicted octanol–water partition coefficient (Wildman–Crippen LogP) is 4.46. The topological polar surface area (TPSA) is 73.1 Å². The quantitative estimate of drug-likeness (QED) is 0.575. The molecule has 124 valence electrons. The zero-order valence-corrected chi connectivity index (χ0v) is 16.0. The lowest BCUT2D eigenvalue weighted by Crippen LogP contribution is -2.08. The predicted molar refractivity (Wildman–Crippen MR) is 95.8 cm³/mol. The van der Waals surface area contributed by atoms with Crippen LogP contribution < -0.4 is 0 Å². The first kappa shape index (κ1) is 17.3. The van der Waals surface area contributed by atoms with Crippen molar-refractivity contribution in [2.45, 2.75) is 24.6 Å². The molecule has 3 aromatic rings. The first-order valence-corrected chi connectivity index (χ1v) is 9.46. The number of aromatic nitrogens is 2. The standard InChI is InChI=1S/C16H12BrClN2O3S/c1-8-5-10(20-23-8)7-24(22)16-11(9(2)21)6-12-14(18)4-3-13(17)15(12)19-16/h3-6H,7H2,1-2H3. The Kier molecular flexibility index (Phi) is 4.85. The number of hydrogen-bond acceptors (Lipinski definition) is 5. The van der Waals surface area contributed by atoms with Crippen molar-refractivity contribution in [3.8, 4) is 0 Å². The van der Waals surface area contributed by atoms with Gasteiger partial charge in [-0.05, 0) is 48.0 Å². The Morgan fingerprint density at radius 1 is 1.38 bits per heavy atom. The van der Waals surface area contributed by atoms with Crippen LogP contribution in [0, 0.1) is 6.92 Å². The second kappa shape index (κ2) is 6.74. The van der Waals surface area contributed by atoms with E-state index in [1.807, 2.05) is 0 Å². The molecule has 0 fully saturated rings. The minimum absolute atomic E-state index is 0.119. The third kappa shape index (κ3) is 3.29. The molecule has 3 rings (SSSR count). The van der Waals surface area contributed by atoms with E-state index in [1.54, 1.807) is 31.2 Å².